The molecule has 1 heterocycles. The second-order valence-corrected chi connectivity index (χ2v) is 9.15. The number of nitrogens with one attached hydrogen (secondary N) is 1. The van der Waals surface area contributed by atoms with Crippen molar-refractivity contribution >= 4 is 33.9 Å². The second-order valence-electron chi connectivity index (χ2n) is 6.12. The Hall–Kier alpha value is -0.390. The van der Waals surface area contributed by atoms with E-state index in [0.29, 0.717) is 12.1 Å². The van der Waals surface area contributed by atoms with Crippen LogP contribution in [0.15, 0.2) is 24.3 Å². The van der Waals surface area contributed by atoms with Crippen molar-refractivity contribution in [2.45, 2.75) is 52.1 Å². The highest BCUT2D eigenvalue weighted by atomic mass is 127. The first-order valence-electron chi connectivity index (χ1n) is 7.66. The number of hydrogen-bond donors (Lipinski definition) is 1. The summed E-state index contributed by atoms with van der Waals surface area (Å²) in [7, 11) is 0. The lowest BCUT2D eigenvalue weighted by atomic mass is 9.92. The van der Waals surface area contributed by atoms with Gasteiger partial charge in [0.1, 0.15) is 0 Å². The number of halogens is 1. The van der Waals surface area contributed by atoms with E-state index in [0.717, 1.165) is 0 Å². The first-order valence-corrected chi connectivity index (χ1v) is 9.55. The third kappa shape index (κ3) is 3.35. The highest BCUT2D eigenvalue weighted by molar-refractivity contribution is 14.1. The zero-order valence-corrected chi connectivity index (χ0v) is 15.8. The Bertz CT molecular complexity index is 647. The minimum Gasteiger partial charge on any atom is -0.303 e. The first kappa shape index (κ1) is 15.5. The highest BCUT2D eigenvalue weighted by Gasteiger charge is 2.24. The van der Waals surface area contributed by atoms with Gasteiger partial charge in [-0.3, -0.25) is 0 Å². The average Bonchev–Trinajstić information content (AvgIpc) is 2.83. The molecule has 1 aliphatic carbocycles. The van der Waals surface area contributed by atoms with E-state index in [9.17, 15) is 0 Å². The number of rotatable bonds is 3. The molecule has 0 saturated carbocycles. The van der Waals surface area contributed by atoms with Crippen LogP contribution < -0.4 is 5.32 Å². The Morgan fingerprint density at radius 1 is 1.29 bits per heavy atom. The fourth-order valence-corrected chi connectivity index (χ4v) is 5.43. The zero-order chi connectivity index (χ0) is 15.0. The van der Waals surface area contributed by atoms with E-state index >= 15 is 0 Å². The van der Waals surface area contributed by atoms with Crippen molar-refractivity contribution in [3.05, 3.63) is 54.3 Å². The largest absolute Gasteiger partial charge is 0.303 e. The summed E-state index contributed by atoms with van der Waals surface area (Å²) in [5.41, 5.74) is 5.72. The van der Waals surface area contributed by atoms with Gasteiger partial charge in [0.15, 0.2) is 0 Å². The lowest BCUT2D eigenvalue weighted by Gasteiger charge is -2.28. The minimum atomic E-state index is 0.401. The summed E-state index contributed by atoms with van der Waals surface area (Å²) in [6.45, 7) is 6.69. The normalized spacial score (nSPS) is 19.3. The first-order chi connectivity index (χ1) is 10.0. The molecule has 21 heavy (non-hydrogen) atoms. The SMILES string of the molecule is Cc1ccc(C)c(C(C)NC2CCCc3sc(I)cc32)c1. The van der Waals surface area contributed by atoms with Gasteiger partial charge in [0.2, 0.25) is 0 Å². The Morgan fingerprint density at radius 2 is 2.10 bits per heavy atom. The summed E-state index contributed by atoms with van der Waals surface area (Å²) in [6, 6.07) is 10.1. The molecule has 3 rings (SSSR count). The van der Waals surface area contributed by atoms with Crippen molar-refractivity contribution < 1.29 is 0 Å². The summed E-state index contributed by atoms with van der Waals surface area (Å²) in [5.74, 6) is 0. The predicted octanol–water partition coefficient (Wildman–Crippen LogP) is 5.70. The van der Waals surface area contributed by atoms with Gasteiger partial charge in [-0.2, -0.15) is 0 Å². The van der Waals surface area contributed by atoms with Crippen LogP contribution in [0.3, 0.4) is 0 Å². The minimum absolute atomic E-state index is 0.401. The van der Waals surface area contributed by atoms with E-state index in [1.807, 2.05) is 11.3 Å². The van der Waals surface area contributed by atoms with Crippen molar-refractivity contribution in [1.29, 1.82) is 0 Å². The maximum absolute atomic E-state index is 3.88. The maximum atomic E-state index is 3.88. The molecule has 3 heteroatoms. The topological polar surface area (TPSA) is 12.0 Å². The smallest absolute Gasteiger partial charge is 0.0659 e. The van der Waals surface area contributed by atoms with Gasteiger partial charge in [-0.15, -0.1) is 11.3 Å². The summed E-state index contributed by atoms with van der Waals surface area (Å²) in [6.07, 6.45) is 3.83. The van der Waals surface area contributed by atoms with Gasteiger partial charge >= 0.3 is 0 Å². The van der Waals surface area contributed by atoms with Crippen LogP contribution in [0, 0.1) is 16.7 Å². The Labute approximate surface area is 145 Å². The Balaban J connectivity index is 1.82. The Kier molecular flexibility index (Phi) is 4.71. The second kappa shape index (κ2) is 6.39. The molecular formula is C18H22INS. The van der Waals surface area contributed by atoms with Gasteiger partial charge in [0, 0.05) is 17.0 Å². The quantitative estimate of drug-likeness (QED) is 0.639. The summed E-state index contributed by atoms with van der Waals surface area (Å²) >= 11 is 4.43. The van der Waals surface area contributed by atoms with Crippen molar-refractivity contribution in [3.63, 3.8) is 0 Å². The number of thiophene rings is 1. The predicted molar refractivity (Wildman–Crippen MR) is 100 cm³/mol. The van der Waals surface area contributed by atoms with E-state index in [1.165, 1.54) is 38.8 Å². The third-order valence-corrected chi connectivity index (χ3v) is 6.41. The van der Waals surface area contributed by atoms with E-state index in [4.69, 9.17) is 0 Å². The highest BCUT2D eigenvalue weighted by Crippen LogP contribution is 2.37. The molecule has 1 aliphatic rings. The molecule has 1 aromatic heterocycles. The molecule has 112 valence electrons. The van der Waals surface area contributed by atoms with Crippen LogP contribution in [0.25, 0.3) is 0 Å². The number of aryl methyl sites for hydroxylation is 3. The van der Waals surface area contributed by atoms with Gasteiger partial charge in [-0.25, -0.2) is 0 Å². The standard InChI is InChI=1S/C18H22INS/c1-11-7-8-12(2)14(9-11)13(3)20-16-5-4-6-17-15(16)10-18(19)21-17/h7-10,13,16,20H,4-6H2,1-3H3. The number of hydrogen-bond acceptors (Lipinski definition) is 2. The molecule has 1 N–H and O–H groups in total. The lowest BCUT2D eigenvalue weighted by Crippen LogP contribution is -2.27. The van der Waals surface area contributed by atoms with Crippen molar-refractivity contribution in [1.82, 2.24) is 5.32 Å². The maximum Gasteiger partial charge on any atom is 0.0659 e. The van der Waals surface area contributed by atoms with Crippen molar-refractivity contribution in [2.75, 3.05) is 0 Å². The molecule has 0 amide bonds. The van der Waals surface area contributed by atoms with Gasteiger partial charge in [0.25, 0.3) is 0 Å². The van der Waals surface area contributed by atoms with E-state index < -0.39 is 0 Å². The zero-order valence-electron chi connectivity index (χ0n) is 12.9. The third-order valence-electron chi connectivity index (χ3n) is 4.44. The molecule has 1 nitrogen and oxygen atoms in total. The monoisotopic (exact) mass is 411 g/mol. The molecule has 0 bridgehead atoms. The Morgan fingerprint density at radius 3 is 2.90 bits per heavy atom. The molecule has 0 fully saturated rings. The molecule has 2 atom stereocenters. The van der Waals surface area contributed by atoms with E-state index in [-0.39, 0.29) is 0 Å². The van der Waals surface area contributed by atoms with Crippen LogP contribution in [0.2, 0.25) is 0 Å². The van der Waals surface area contributed by atoms with Gasteiger partial charge < -0.3 is 5.32 Å². The average molecular weight is 411 g/mol. The van der Waals surface area contributed by atoms with Crippen molar-refractivity contribution in [3.8, 4) is 0 Å². The number of benzene rings is 1. The summed E-state index contributed by atoms with van der Waals surface area (Å²) in [5, 5.41) is 3.88. The van der Waals surface area contributed by atoms with Crippen LogP contribution in [-0.4, -0.2) is 0 Å². The molecule has 0 aliphatic heterocycles. The van der Waals surface area contributed by atoms with Gasteiger partial charge in [0.05, 0.1) is 2.88 Å². The molecule has 2 aromatic rings. The number of fused-ring (bicyclic) bond motifs is 1. The van der Waals surface area contributed by atoms with Crippen LogP contribution in [0.5, 0.6) is 0 Å². The lowest BCUT2D eigenvalue weighted by molar-refractivity contribution is 0.417. The molecule has 0 spiro atoms. The molecule has 0 saturated heterocycles. The molecule has 0 radical (unpaired) electrons. The van der Waals surface area contributed by atoms with Crippen LogP contribution in [0.4, 0.5) is 0 Å². The van der Waals surface area contributed by atoms with E-state index in [2.05, 4.69) is 72.9 Å². The molecule has 2 unspecified atom stereocenters. The van der Waals surface area contributed by atoms with Crippen LogP contribution in [-0.2, 0) is 6.42 Å². The van der Waals surface area contributed by atoms with E-state index in [1.54, 1.807) is 10.4 Å². The van der Waals surface area contributed by atoms with Crippen molar-refractivity contribution in [2.24, 2.45) is 0 Å². The van der Waals surface area contributed by atoms with Crippen LogP contribution >= 0.6 is 33.9 Å². The van der Waals surface area contributed by atoms with Crippen LogP contribution in [0.1, 0.15) is 59.0 Å². The summed E-state index contributed by atoms with van der Waals surface area (Å²) in [4.78, 5) is 1.59. The fraction of sp³-hybridized carbons (Fsp3) is 0.444. The van der Waals surface area contributed by atoms with Gasteiger partial charge in [-0.05, 0) is 85.4 Å². The molecule has 1 aromatic carbocycles. The molecular weight excluding hydrogens is 389 g/mol. The summed E-state index contributed by atoms with van der Waals surface area (Å²) < 4.78 is 1.42. The fourth-order valence-electron chi connectivity index (χ4n) is 3.31. The van der Waals surface area contributed by atoms with Gasteiger partial charge in [-0.1, -0.05) is 23.8 Å².